The number of rotatable bonds is 13. The van der Waals surface area contributed by atoms with Gasteiger partial charge in [-0.2, -0.15) is 15.0 Å². The first-order valence-electron chi connectivity index (χ1n) is 17.5. The molecule has 0 heterocycles. The first-order valence-corrected chi connectivity index (χ1v) is 17.5. The Morgan fingerprint density at radius 3 is 1.33 bits per heavy atom. The summed E-state index contributed by atoms with van der Waals surface area (Å²) in [6.07, 6.45) is 2.06. The zero-order valence-electron chi connectivity index (χ0n) is 30.9. The van der Waals surface area contributed by atoms with Crippen molar-refractivity contribution in [3.05, 3.63) is 87.0 Å². The van der Waals surface area contributed by atoms with Gasteiger partial charge in [-0.15, -0.1) is 0 Å². The van der Waals surface area contributed by atoms with Crippen molar-refractivity contribution in [3.8, 4) is 0 Å². The maximum absolute atomic E-state index is 5.04. The first-order chi connectivity index (χ1) is 21.8. The van der Waals surface area contributed by atoms with Crippen LogP contribution in [0, 0.1) is 0 Å². The lowest BCUT2D eigenvalue weighted by Gasteiger charge is -2.23. The molecule has 0 radical (unpaired) electrons. The molecule has 4 heteroatoms. The van der Waals surface area contributed by atoms with Crippen LogP contribution in [0.15, 0.2) is 62.4 Å². The van der Waals surface area contributed by atoms with Gasteiger partial charge in [0.15, 0.2) is 0 Å². The second kappa shape index (κ2) is 16.8. The smallest absolute Gasteiger partial charge is 0.101 e. The lowest BCUT2D eigenvalue weighted by Crippen LogP contribution is -2.06. The molecule has 0 unspecified atom stereocenters. The third-order valence-corrected chi connectivity index (χ3v) is 8.77. The highest BCUT2D eigenvalue weighted by Crippen LogP contribution is 2.41. The van der Waals surface area contributed by atoms with E-state index in [0.29, 0.717) is 36.1 Å². The van der Waals surface area contributed by atoms with Crippen LogP contribution >= 0.6 is 0 Å². The van der Waals surface area contributed by atoms with Crippen molar-refractivity contribution in [3.63, 3.8) is 0 Å². The van der Waals surface area contributed by atoms with Gasteiger partial charge in [-0.3, -0.25) is 0 Å². The van der Waals surface area contributed by atoms with Crippen LogP contribution < -0.4 is 0 Å². The maximum atomic E-state index is 5.04. The number of aryl methyl sites for hydroxylation is 1. The van der Waals surface area contributed by atoms with Gasteiger partial charge in [0.2, 0.25) is 0 Å². The molecule has 3 rings (SSSR count). The van der Waals surface area contributed by atoms with Crippen molar-refractivity contribution < 1.29 is 0 Å². The summed E-state index contributed by atoms with van der Waals surface area (Å²) in [5.74, 6) is 2.03. The fourth-order valence-corrected chi connectivity index (χ4v) is 6.29. The van der Waals surface area contributed by atoms with Crippen molar-refractivity contribution in [2.24, 2.45) is 20.0 Å². The third-order valence-electron chi connectivity index (χ3n) is 8.77. The Balaban J connectivity index is 2.24. The predicted octanol–water partition coefficient (Wildman–Crippen LogP) is 13.5. The van der Waals surface area contributed by atoms with Crippen LogP contribution in [0.25, 0.3) is 0 Å². The Morgan fingerprint density at radius 2 is 0.935 bits per heavy atom. The summed E-state index contributed by atoms with van der Waals surface area (Å²) in [6, 6.07) is 21.6. The average molecular weight is 619 g/mol. The molecule has 0 saturated carbocycles. The van der Waals surface area contributed by atoms with Gasteiger partial charge < -0.3 is 0 Å². The highest BCUT2D eigenvalue weighted by Gasteiger charge is 2.21. The molecular formula is C42H58N4. The van der Waals surface area contributed by atoms with Crippen LogP contribution in [0.3, 0.4) is 0 Å². The van der Waals surface area contributed by atoms with E-state index in [9.17, 15) is 0 Å². The van der Waals surface area contributed by atoms with Gasteiger partial charge >= 0.3 is 0 Å². The molecule has 0 saturated heterocycles. The topological polar surface area (TPSA) is 49.4 Å². The summed E-state index contributed by atoms with van der Waals surface area (Å²) in [5.41, 5.74) is 13.0. The van der Waals surface area contributed by atoms with Crippen LogP contribution in [-0.2, 0) is 13.0 Å². The molecule has 0 amide bonds. The van der Waals surface area contributed by atoms with E-state index in [2.05, 4.69) is 144 Å². The normalized spacial score (nSPS) is 11.5. The Bertz CT molecular complexity index is 1550. The summed E-state index contributed by atoms with van der Waals surface area (Å²) < 4.78 is 0. The molecule has 46 heavy (non-hydrogen) atoms. The van der Waals surface area contributed by atoms with Crippen LogP contribution in [0.5, 0.6) is 0 Å². The van der Waals surface area contributed by atoms with E-state index in [4.69, 9.17) is 20.0 Å². The number of nitrogens with zero attached hydrogens (tertiary/aromatic N) is 4. The SMILES string of the molecule is CCCc1cc(C(C)C)c(N=C=Nc2c(C(C)C)cccc2C(C)C)c(C(C)C)c1CN=C=Nc1c(C(C)C)cccc1C(C)C. The first kappa shape index (κ1) is 36.9. The number of hydrogen-bond donors (Lipinski definition) is 0. The molecule has 0 aliphatic carbocycles. The van der Waals surface area contributed by atoms with Crippen LogP contribution in [0.2, 0.25) is 0 Å². The van der Waals surface area contributed by atoms with Crippen LogP contribution in [0.4, 0.5) is 17.1 Å². The number of aliphatic imine (C=N–C) groups is 4. The number of benzene rings is 3. The summed E-state index contributed by atoms with van der Waals surface area (Å²) >= 11 is 0. The van der Waals surface area contributed by atoms with E-state index in [-0.39, 0.29) is 5.92 Å². The van der Waals surface area contributed by atoms with E-state index in [0.717, 1.165) is 29.9 Å². The molecule has 3 aromatic carbocycles. The largest absolute Gasteiger partial charge is 0.220 e. The molecule has 0 fully saturated rings. The molecule has 0 N–H and O–H groups in total. The van der Waals surface area contributed by atoms with Gasteiger partial charge in [0.05, 0.1) is 29.6 Å². The summed E-state index contributed by atoms with van der Waals surface area (Å²) in [7, 11) is 0. The van der Waals surface area contributed by atoms with Gasteiger partial charge in [0.1, 0.15) is 6.01 Å². The molecule has 4 nitrogen and oxygen atoms in total. The zero-order chi connectivity index (χ0) is 34.1. The van der Waals surface area contributed by atoms with Gasteiger partial charge in [-0.25, -0.2) is 4.99 Å². The fraction of sp³-hybridized carbons (Fsp3) is 0.524. The Hall–Kier alpha value is -3.58. The van der Waals surface area contributed by atoms with Crippen molar-refractivity contribution in [1.82, 2.24) is 0 Å². The lowest BCUT2D eigenvalue weighted by atomic mass is 9.84. The fourth-order valence-electron chi connectivity index (χ4n) is 6.29. The van der Waals surface area contributed by atoms with E-state index in [1.54, 1.807) is 0 Å². The Kier molecular flexibility index (Phi) is 13.5. The van der Waals surface area contributed by atoms with Crippen LogP contribution in [0.1, 0.15) is 176 Å². The molecule has 0 aliphatic heterocycles. The molecule has 0 bridgehead atoms. The highest BCUT2D eigenvalue weighted by atomic mass is 14.8. The zero-order valence-corrected chi connectivity index (χ0v) is 30.9. The van der Waals surface area contributed by atoms with Crippen molar-refractivity contribution >= 4 is 29.1 Å². The molecule has 3 aromatic rings. The number of hydrogen-bond acceptors (Lipinski definition) is 4. The van der Waals surface area contributed by atoms with E-state index in [1.165, 1.54) is 44.5 Å². The van der Waals surface area contributed by atoms with Gasteiger partial charge in [-0.1, -0.05) is 139 Å². The van der Waals surface area contributed by atoms with E-state index in [1.807, 2.05) is 0 Å². The molecular weight excluding hydrogens is 560 g/mol. The van der Waals surface area contributed by atoms with Gasteiger partial charge in [-0.05, 0) is 86.4 Å². The summed E-state index contributed by atoms with van der Waals surface area (Å²) in [6.45, 7) is 29.5. The second-order valence-electron chi connectivity index (χ2n) is 14.5. The van der Waals surface area contributed by atoms with E-state index < -0.39 is 0 Å². The predicted molar refractivity (Wildman–Crippen MR) is 200 cm³/mol. The lowest BCUT2D eigenvalue weighted by molar-refractivity contribution is 0.795. The minimum absolute atomic E-state index is 0.250. The van der Waals surface area contributed by atoms with Crippen molar-refractivity contribution in [1.29, 1.82) is 0 Å². The van der Waals surface area contributed by atoms with Gasteiger partial charge in [0, 0.05) is 0 Å². The minimum atomic E-state index is 0.250. The maximum Gasteiger partial charge on any atom is 0.101 e. The highest BCUT2D eigenvalue weighted by molar-refractivity contribution is 5.69. The monoisotopic (exact) mass is 618 g/mol. The van der Waals surface area contributed by atoms with Gasteiger partial charge in [0.25, 0.3) is 0 Å². The summed E-state index contributed by atoms with van der Waals surface area (Å²) in [5, 5.41) is 0. The molecule has 0 aromatic heterocycles. The van der Waals surface area contributed by atoms with Crippen LogP contribution in [-0.4, -0.2) is 12.0 Å². The second-order valence-corrected chi connectivity index (χ2v) is 14.5. The molecule has 246 valence electrons. The standard InChI is InChI=1S/C42H58N4/c1-14-17-32-22-37(30(10)11)42(46-25-45-41-35(28(6)7)20-16-21-36(41)29(8)9)39(31(12)13)38(32)23-43-24-44-40-33(26(2)3)18-15-19-34(40)27(4)5/h15-16,18-22,26-31H,14,17,23H2,1-13H3. The summed E-state index contributed by atoms with van der Waals surface area (Å²) in [4.78, 5) is 19.6. The van der Waals surface area contributed by atoms with Crippen molar-refractivity contribution in [2.45, 2.75) is 145 Å². The Labute approximate surface area is 280 Å². The quantitative estimate of drug-likeness (QED) is 0.171. The molecule has 0 atom stereocenters. The minimum Gasteiger partial charge on any atom is -0.220 e. The number of para-hydroxylation sites is 2. The van der Waals surface area contributed by atoms with Crippen molar-refractivity contribution in [2.75, 3.05) is 0 Å². The van der Waals surface area contributed by atoms with E-state index >= 15 is 0 Å². The molecule has 0 spiro atoms. The average Bonchev–Trinajstić information content (AvgIpc) is 2.99. The Morgan fingerprint density at radius 1 is 0.522 bits per heavy atom. The molecule has 0 aliphatic rings. The third kappa shape index (κ3) is 8.81.